The number of nitrogens with zero attached hydrogens (tertiary/aromatic N) is 1. The van der Waals surface area contributed by atoms with Crippen molar-refractivity contribution >= 4 is 5.91 Å². The molecule has 1 amide bonds. The Morgan fingerprint density at radius 2 is 1.67 bits per heavy atom. The van der Waals surface area contributed by atoms with Gasteiger partial charge in [0.15, 0.2) is 0 Å². The number of hydrogen-bond donors (Lipinski definition) is 1. The van der Waals surface area contributed by atoms with E-state index in [1.165, 1.54) is 32.1 Å². The number of carbonyl (C=O) groups is 1. The monoisotopic (exact) mass is 294 g/mol. The average Bonchev–Trinajstić information content (AvgIpc) is 2.67. The molecule has 0 bridgehead atoms. The van der Waals surface area contributed by atoms with E-state index in [9.17, 15) is 4.79 Å². The lowest BCUT2D eigenvalue weighted by Crippen LogP contribution is -2.41. The van der Waals surface area contributed by atoms with Gasteiger partial charge in [-0.15, -0.1) is 0 Å². The zero-order valence-electron chi connectivity index (χ0n) is 14.4. The van der Waals surface area contributed by atoms with Gasteiger partial charge in [-0.3, -0.25) is 10.1 Å². The fraction of sp³-hybridized carbons (Fsp3) is 0.944. The number of hydrogen-bond acceptors (Lipinski definition) is 2. The van der Waals surface area contributed by atoms with Crippen molar-refractivity contribution in [1.29, 1.82) is 0 Å². The first-order valence-electron chi connectivity index (χ1n) is 9.04. The molecule has 3 heteroatoms. The Labute approximate surface area is 130 Å². The van der Waals surface area contributed by atoms with Gasteiger partial charge in [0.2, 0.25) is 5.91 Å². The quantitative estimate of drug-likeness (QED) is 0.808. The predicted molar refractivity (Wildman–Crippen MR) is 87.9 cm³/mol. The highest BCUT2D eigenvalue weighted by Crippen LogP contribution is 2.28. The Morgan fingerprint density at radius 1 is 1.05 bits per heavy atom. The molecule has 1 heterocycles. The molecule has 1 saturated heterocycles. The number of amides is 1. The van der Waals surface area contributed by atoms with Crippen molar-refractivity contribution in [3.8, 4) is 0 Å². The largest absolute Gasteiger partial charge is 0.326 e. The molecule has 0 radical (unpaired) electrons. The SMILES string of the molecule is CC(C)CC1NC(CC(C)C)N(CC2CCCCC2)C1=O. The van der Waals surface area contributed by atoms with Gasteiger partial charge < -0.3 is 4.90 Å². The van der Waals surface area contributed by atoms with Crippen molar-refractivity contribution in [2.24, 2.45) is 17.8 Å². The topological polar surface area (TPSA) is 32.3 Å². The summed E-state index contributed by atoms with van der Waals surface area (Å²) in [7, 11) is 0. The molecule has 1 N–H and O–H groups in total. The van der Waals surface area contributed by atoms with Crippen molar-refractivity contribution in [3.63, 3.8) is 0 Å². The Balaban J connectivity index is 2.00. The Hall–Kier alpha value is -0.570. The van der Waals surface area contributed by atoms with Gasteiger partial charge in [-0.1, -0.05) is 47.0 Å². The molecular weight excluding hydrogens is 260 g/mol. The predicted octanol–water partition coefficient (Wildman–Crippen LogP) is 3.79. The third kappa shape index (κ3) is 4.70. The van der Waals surface area contributed by atoms with Gasteiger partial charge in [0.25, 0.3) is 0 Å². The summed E-state index contributed by atoms with van der Waals surface area (Å²) >= 11 is 0. The molecule has 2 aliphatic rings. The zero-order chi connectivity index (χ0) is 15.4. The summed E-state index contributed by atoms with van der Waals surface area (Å²) < 4.78 is 0. The Morgan fingerprint density at radius 3 is 2.24 bits per heavy atom. The fourth-order valence-electron chi connectivity index (χ4n) is 3.89. The normalized spacial score (nSPS) is 28.1. The highest BCUT2D eigenvalue weighted by atomic mass is 16.2. The minimum atomic E-state index is 0.0531. The molecule has 2 rings (SSSR count). The summed E-state index contributed by atoms with van der Waals surface area (Å²) in [5.41, 5.74) is 0. The van der Waals surface area contributed by atoms with Crippen LogP contribution in [0.25, 0.3) is 0 Å². The van der Waals surface area contributed by atoms with Gasteiger partial charge in [0.05, 0.1) is 12.2 Å². The van der Waals surface area contributed by atoms with Crippen LogP contribution in [0, 0.1) is 17.8 Å². The van der Waals surface area contributed by atoms with Crippen molar-refractivity contribution in [2.45, 2.75) is 84.8 Å². The highest BCUT2D eigenvalue weighted by molar-refractivity contribution is 5.84. The third-order valence-electron chi connectivity index (χ3n) is 4.93. The van der Waals surface area contributed by atoms with Gasteiger partial charge >= 0.3 is 0 Å². The number of rotatable bonds is 6. The molecule has 0 aromatic heterocycles. The van der Waals surface area contributed by atoms with E-state index in [2.05, 4.69) is 37.9 Å². The lowest BCUT2D eigenvalue weighted by Gasteiger charge is -2.31. The highest BCUT2D eigenvalue weighted by Gasteiger charge is 2.39. The number of carbonyl (C=O) groups excluding carboxylic acids is 1. The molecular formula is C18H34N2O. The summed E-state index contributed by atoms with van der Waals surface area (Å²) in [4.78, 5) is 15.0. The van der Waals surface area contributed by atoms with Crippen LogP contribution < -0.4 is 5.32 Å². The maximum Gasteiger partial charge on any atom is 0.241 e. The van der Waals surface area contributed by atoms with Crippen molar-refractivity contribution in [3.05, 3.63) is 0 Å². The standard InChI is InChI=1S/C18H34N2O/c1-13(2)10-16-18(21)20(17(19-16)11-14(3)4)12-15-8-6-5-7-9-15/h13-17,19H,5-12H2,1-4H3. The van der Waals surface area contributed by atoms with Crippen LogP contribution in [0.1, 0.15) is 72.6 Å². The van der Waals surface area contributed by atoms with Crippen molar-refractivity contribution in [2.75, 3.05) is 6.54 Å². The summed E-state index contributed by atoms with van der Waals surface area (Å²) in [5, 5.41) is 3.62. The van der Waals surface area contributed by atoms with Gasteiger partial charge in [0, 0.05) is 6.54 Å². The zero-order valence-corrected chi connectivity index (χ0v) is 14.4. The second-order valence-corrected chi connectivity index (χ2v) is 7.99. The van der Waals surface area contributed by atoms with Crippen LogP contribution in [-0.2, 0) is 4.79 Å². The van der Waals surface area contributed by atoms with Crippen molar-refractivity contribution < 1.29 is 4.79 Å². The molecule has 21 heavy (non-hydrogen) atoms. The van der Waals surface area contributed by atoms with E-state index in [-0.39, 0.29) is 12.2 Å². The van der Waals surface area contributed by atoms with Crippen LogP contribution in [0.15, 0.2) is 0 Å². The van der Waals surface area contributed by atoms with Gasteiger partial charge in [-0.2, -0.15) is 0 Å². The molecule has 0 aromatic rings. The van der Waals surface area contributed by atoms with E-state index in [0.717, 1.165) is 25.3 Å². The lowest BCUT2D eigenvalue weighted by molar-refractivity contribution is -0.131. The molecule has 3 nitrogen and oxygen atoms in total. The van der Waals surface area contributed by atoms with Gasteiger partial charge in [0.1, 0.15) is 0 Å². The van der Waals surface area contributed by atoms with E-state index in [1.807, 2.05) is 0 Å². The first kappa shape index (κ1) is 16.8. The van der Waals surface area contributed by atoms with Crippen LogP contribution in [-0.4, -0.2) is 29.6 Å². The van der Waals surface area contributed by atoms with E-state index in [4.69, 9.17) is 0 Å². The summed E-state index contributed by atoms with van der Waals surface area (Å²) in [6, 6.07) is 0.0531. The minimum Gasteiger partial charge on any atom is -0.326 e. The van der Waals surface area contributed by atoms with E-state index < -0.39 is 0 Å². The third-order valence-corrected chi connectivity index (χ3v) is 4.93. The van der Waals surface area contributed by atoms with E-state index in [1.54, 1.807) is 0 Å². The molecule has 122 valence electrons. The maximum atomic E-state index is 12.8. The fourth-order valence-corrected chi connectivity index (χ4v) is 3.89. The van der Waals surface area contributed by atoms with Crippen LogP contribution in [0.5, 0.6) is 0 Å². The second-order valence-electron chi connectivity index (χ2n) is 7.99. The molecule has 1 aliphatic carbocycles. The molecule has 1 saturated carbocycles. The van der Waals surface area contributed by atoms with Gasteiger partial charge in [-0.25, -0.2) is 0 Å². The second kappa shape index (κ2) is 7.62. The smallest absolute Gasteiger partial charge is 0.241 e. The Kier molecular flexibility index (Phi) is 6.09. The molecule has 2 atom stereocenters. The van der Waals surface area contributed by atoms with Crippen LogP contribution in [0.3, 0.4) is 0 Å². The first-order chi connectivity index (χ1) is 9.97. The summed E-state index contributed by atoms with van der Waals surface area (Å²) in [6.45, 7) is 9.89. The minimum absolute atomic E-state index is 0.0531. The van der Waals surface area contributed by atoms with Crippen LogP contribution in [0.2, 0.25) is 0 Å². The molecule has 2 fully saturated rings. The summed E-state index contributed by atoms with van der Waals surface area (Å²) in [6.07, 6.45) is 9.02. The van der Waals surface area contributed by atoms with E-state index in [0.29, 0.717) is 17.7 Å². The summed E-state index contributed by atoms with van der Waals surface area (Å²) in [5.74, 6) is 2.29. The van der Waals surface area contributed by atoms with E-state index >= 15 is 0 Å². The molecule has 1 aliphatic heterocycles. The molecule has 0 spiro atoms. The molecule has 2 unspecified atom stereocenters. The lowest BCUT2D eigenvalue weighted by atomic mass is 9.88. The van der Waals surface area contributed by atoms with Crippen molar-refractivity contribution in [1.82, 2.24) is 10.2 Å². The average molecular weight is 294 g/mol. The Bertz CT molecular complexity index is 334. The molecule has 0 aromatic carbocycles. The van der Waals surface area contributed by atoms with Crippen LogP contribution in [0.4, 0.5) is 0 Å². The number of nitrogens with one attached hydrogen (secondary N) is 1. The first-order valence-corrected chi connectivity index (χ1v) is 9.04. The van der Waals surface area contributed by atoms with Gasteiger partial charge in [-0.05, 0) is 43.4 Å². The maximum absolute atomic E-state index is 12.8. The van der Waals surface area contributed by atoms with Crippen LogP contribution >= 0.6 is 0 Å².